The first-order chi connectivity index (χ1) is 9.83. The molecule has 0 aromatic heterocycles. The molecule has 1 aliphatic heterocycles. The maximum atomic E-state index is 6.34. The number of rotatable bonds is 3. The number of benzene rings is 2. The van der Waals surface area contributed by atoms with E-state index in [0.717, 1.165) is 26.1 Å². The Hall–Kier alpha value is -1.64. The molecule has 0 radical (unpaired) electrons. The molecule has 0 saturated carbocycles. The smallest absolute Gasteiger partial charge is 0.0234 e. The maximum Gasteiger partial charge on any atom is 0.0234 e. The summed E-state index contributed by atoms with van der Waals surface area (Å²) in [5.41, 5.74) is 9.10. The van der Waals surface area contributed by atoms with Crippen LogP contribution in [0.5, 0.6) is 0 Å². The highest BCUT2D eigenvalue weighted by Gasteiger charge is 2.27. The lowest BCUT2D eigenvalue weighted by molar-refractivity contribution is 0.183. The SMILES string of the molecule is N[C@@H]1CCN(Cc2ccccc2)C[C@H]1c1ccccc1. The normalized spacial score (nSPS) is 23.6. The summed E-state index contributed by atoms with van der Waals surface area (Å²) >= 11 is 0. The van der Waals surface area contributed by atoms with Crippen molar-refractivity contribution in [1.29, 1.82) is 0 Å². The van der Waals surface area contributed by atoms with Crippen molar-refractivity contribution in [2.45, 2.75) is 24.9 Å². The van der Waals surface area contributed by atoms with Gasteiger partial charge in [0.25, 0.3) is 0 Å². The largest absolute Gasteiger partial charge is 0.327 e. The van der Waals surface area contributed by atoms with Crippen molar-refractivity contribution in [1.82, 2.24) is 4.90 Å². The van der Waals surface area contributed by atoms with Gasteiger partial charge in [-0.05, 0) is 17.5 Å². The van der Waals surface area contributed by atoms with Crippen LogP contribution in [0.2, 0.25) is 0 Å². The molecule has 20 heavy (non-hydrogen) atoms. The Kier molecular flexibility index (Phi) is 4.14. The van der Waals surface area contributed by atoms with Crippen LogP contribution in [0.25, 0.3) is 0 Å². The van der Waals surface area contributed by atoms with E-state index in [4.69, 9.17) is 5.73 Å². The highest BCUT2D eigenvalue weighted by Crippen LogP contribution is 2.26. The summed E-state index contributed by atoms with van der Waals surface area (Å²) < 4.78 is 0. The van der Waals surface area contributed by atoms with Crippen molar-refractivity contribution < 1.29 is 0 Å². The van der Waals surface area contributed by atoms with Crippen LogP contribution in [0, 0.1) is 0 Å². The van der Waals surface area contributed by atoms with Gasteiger partial charge in [0.05, 0.1) is 0 Å². The Labute approximate surface area is 121 Å². The second-order valence-corrected chi connectivity index (χ2v) is 5.69. The Morgan fingerprint density at radius 2 is 1.60 bits per heavy atom. The topological polar surface area (TPSA) is 29.3 Å². The third kappa shape index (κ3) is 3.09. The molecule has 2 N–H and O–H groups in total. The van der Waals surface area contributed by atoms with Crippen molar-refractivity contribution in [2.24, 2.45) is 5.73 Å². The van der Waals surface area contributed by atoms with Gasteiger partial charge >= 0.3 is 0 Å². The standard InChI is InChI=1S/C18H22N2/c19-18-11-12-20(13-15-7-3-1-4-8-15)14-17(18)16-9-5-2-6-10-16/h1-10,17-18H,11-14,19H2/t17-,18+/m0/s1. The summed E-state index contributed by atoms with van der Waals surface area (Å²) in [6.07, 6.45) is 1.08. The lowest BCUT2D eigenvalue weighted by Crippen LogP contribution is -2.45. The van der Waals surface area contributed by atoms with Crippen LogP contribution in [0.4, 0.5) is 0 Å². The Balaban J connectivity index is 1.70. The van der Waals surface area contributed by atoms with Gasteiger partial charge in [-0.3, -0.25) is 4.90 Å². The average Bonchev–Trinajstić information content (AvgIpc) is 2.51. The molecule has 0 aliphatic carbocycles. The highest BCUT2D eigenvalue weighted by atomic mass is 15.1. The summed E-state index contributed by atoms with van der Waals surface area (Å²) in [6, 6.07) is 21.7. The molecule has 104 valence electrons. The van der Waals surface area contributed by atoms with E-state index in [1.807, 2.05) is 0 Å². The van der Waals surface area contributed by atoms with E-state index in [0.29, 0.717) is 5.92 Å². The van der Waals surface area contributed by atoms with E-state index in [2.05, 4.69) is 65.6 Å². The molecule has 2 aromatic rings. The maximum absolute atomic E-state index is 6.34. The summed E-state index contributed by atoms with van der Waals surface area (Å²) in [4.78, 5) is 2.52. The van der Waals surface area contributed by atoms with Crippen molar-refractivity contribution in [3.05, 3.63) is 71.8 Å². The van der Waals surface area contributed by atoms with Gasteiger partial charge in [0, 0.05) is 31.6 Å². The number of likely N-dealkylation sites (tertiary alicyclic amines) is 1. The molecule has 2 nitrogen and oxygen atoms in total. The first-order valence-electron chi connectivity index (χ1n) is 7.40. The van der Waals surface area contributed by atoms with Gasteiger partial charge in [-0.25, -0.2) is 0 Å². The monoisotopic (exact) mass is 266 g/mol. The second-order valence-electron chi connectivity index (χ2n) is 5.69. The average molecular weight is 266 g/mol. The zero-order valence-electron chi connectivity index (χ0n) is 11.8. The molecular weight excluding hydrogens is 244 g/mol. The lowest BCUT2D eigenvalue weighted by Gasteiger charge is -2.37. The highest BCUT2D eigenvalue weighted by molar-refractivity contribution is 5.23. The molecule has 1 fully saturated rings. The van der Waals surface area contributed by atoms with Crippen LogP contribution >= 0.6 is 0 Å². The van der Waals surface area contributed by atoms with Gasteiger partial charge in [0.2, 0.25) is 0 Å². The van der Waals surface area contributed by atoms with Crippen molar-refractivity contribution in [2.75, 3.05) is 13.1 Å². The Bertz CT molecular complexity index is 524. The Morgan fingerprint density at radius 3 is 2.30 bits per heavy atom. The fourth-order valence-corrected chi connectivity index (χ4v) is 3.08. The van der Waals surface area contributed by atoms with E-state index in [1.165, 1.54) is 11.1 Å². The predicted octanol–water partition coefficient (Wildman–Crippen LogP) is 3.00. The van der Waals surface area contributed by atoms with Gasteiger partial charge in [-0.1, -0.05) is 60.7 Å². The molecule has 1 aliphatic rings. The van der Waals surface area contributed by atoms with Crippen LogP contribution in [0.15, 0.2) is 60.7 Å². The summed E-state index contributed by atoms with van der Waals surface area (Å²) in [5, 5.41) is 0. The number of nitrogens with two attached hydrogens (primary N) is 1. The molecule has 1 saturated heterocycles. The third-order valence-electron chi connectivity index (χ3n) is 4.23. The second kappa shape index (κ2) is 6.21. The van der Waals surface area contributed by atoms with Gasteiger partial charge in [-0.2, -0.15) is 0 Å². The molecule has 1 heterocycles. The first kappa shape index (κ1) is 13.3. The minimum atomic E-state index is 0.282. The van der Waals surface area contributed by atoms with Crippen molar-refractivity contribution >= 4 is 0 Å². The van der Waals surface area contributed by atoms with Crippen molar-refractivity contribution in [3.8, 4) is 0 Å². The molecule has 0 spiro atoms. The molecule has 0 bridgehead atoms. The van der Waals surface area contributed by atoms with Gasteiger partial charge in [-0.15, -0.1) is 0 Å². The molecule has 2 atom stereocenters. The summed E-state index contributed by atoms with van der Waals surface area (Å²) in [7, 11) is 0. The fraction of sp³-hybridized carbons (Fsp3) is 0.333. The molecule has 0 unspecified atom stereocenters. The van der Waals surface area contributed by atoms with Crippen molar-refractivity contribution in [3.63, 3.8) is 0 Å². The molecule has 0 amide bonds. The first-order valence-corrected chi connectivity index (χ1v) is 7.40. The van der Waals surface area contributed by atoms with Gasteiger partial charge in [0.15, 0.2) is 0 Å². The number of nitrogens with zero attached hydrogens (tertiary/aromatic N) is 1. The van der Waals surface area contributed by atoms with Crippen LogP contribution in [0.3, 0.4) is 0 Å². The minimum Gasteiger partial charge on any atom is -0.327 e. The molecule has 2 heteroatoms. The minimum absolute atomic E-state index is 0.282. The lowest BCUT2D eigenvalue weighted by atomic mass is 9.86. The number of piperidine rings is 1. The van der Waals surface area contributed by atoms with E-state index >= 15 is 0 Å². The predicted molar refractivity (Wildman–Crippen MR) is 83.5 cm³/mol. The Morgan fingerprint density at radius 1 is 0.950 bits per heavy atom. The van der Waals surface area contributed by atoms with Crippen LogP contribution in [0.1, 0.15) is 23.5 Å². The molecular formula is C18H22N2. The van der Waals surface area contributed by atoms with Gasteiger partial charge in [0.1, 0.15) is 0 Å². The summed E-state index contributed by atoms with van der Waals surface area (Å²) in [6.45, 7) is 3.18. The van der Waals surface area contributed by atoms with Gasteiger partial charge < -0.3 is 5.73 Å². The number of hydrogen-bond donors (Lipinski definition) is 1. The van der Waals surface area contributed by atoms with Crippen LogP contribution < -0.4 is 5.73 Å². The van der Waals surface area contributed by atoms with E-state index < -0.39 is 0 Å². The third-order valence-corrected chi connectivity index (χ3v) is 4.23. The number of hydrogen-bond acceptors (Lipinski definition) is 2. The van der Waals surface area contributed by atoms with Crippen LogP contribution in [-0.4, -0.2) is 24.0 Å². The quantitative estimate of drug-likeness (QED) is 0.925. The van der Waals surface area contributed by atoms with E-state index in [1.54, 1.807) is 0 Å². The van der Waals surface area contributed by atoms with E-state index in [9.17, 15) is 0 Å². The summed E-state index contributed by atoms with van der Waals surface area (Å²) in [5.74, 6) is 0.452. The van der Waals surface area contributed by atoms with E-state index in [-0.39, 0.29) is 6.04 Å². The zero-order chi connectivity index (χ0) is 13.8. The fourth-order valence-electron chi connectivity index (χ4n) is 3.08. The molecule has 3 rings (SSSR count). The molecule has 2 aromatic carbocycles. The zero-order valence-corrected chi connectivity index (χ0v) is 11.8. The van der Waals surface area contributed by atoms with Crippen LogP contribution in [-0.2, 0) is 6.54 Å².